The maximum absolute atomic E-state index is 5.70. The predicted octanol–water partition coefficient (Wildman–Crippen LogP) is 2.40. The topological polar surface area (TPSA) is 61.3 Å². The molecule has 1 aromatic rings. The number of aryl methyl sites for hydroxylation is 1. The summed E-state index contributed by atoms with van der Waals surface area (Å²) in [6.07, 6.45) is 0. The van der Waals surface area contributed by atoms with Crippen LogP contribution in [0.1, 0.15) is 12.5 Å². The third kappa shape index (κ3) is 3.52. The minimum Gasteiger partial charge on any atom is -0.491 e. The van der Waals surface area contributed by atoms with Gasteiger partial charge in [0.1, 0.15) is 5.75 Å². The van der Waals surface area contributed by atoms with Crippen molar-refractivity contribution >= 4 is 36.2 Å². The monoisotopic (exact) mass is 238 g/mol. The Bertz CT molecular complexity index is 269. The molecule has 4 N–H and O–H groups in total. The highest BCUT2D eigenvalue weighted by Crippen LogP contribution is 2.28. The minimum absolute atomic E-state index is 0. The lowest BCUT2D eigenvalue weighted by molar-refractivity contribution is 0.340. The number of rotatable bonds is 2. The molecule has 3 nitrogen and oxygen atoms in total. The summed E-state index contributed by atoms with van der Waals surface area (Å²) in [7, 11) is 0. The van der Waals surface area contributed by atoms with E-state index >= 15 is 0 Å². The Morgan fingerprint density at radius 3 is 2.21 bits per heavy atom. The summed E-state index contributed by atoms with van der Waals surface area (Å²) in [6, 6.07) is 3.55. The van der Waals surface area contributed by atoms with E-state index in [0.29, 0.717) is 18.0 Å². The number of ether oxygens (including phenoxy) is 1. The van der Waals surface area contributed by atoms with Crippen molar-refractivity contribution in [1.82, 2.24) is 0 Å². The molecule has 0 saturated heterocycles. The van der Waals surface area contributed by atoms with Gasteiger partial charge in [-0.3, -0.25) is 0 Å². The molecule has 0 amide bonds. The van der Waals surface area contributed by atoms with E-state index in [2.05, 4.69) is 0 Å². The first-order valence-corrected chi connectivity index (χ1v) is 3.93. The van der Waals surface area contributed by atoms with Crippen molar-refractivity contribution in [2.75, 3.05) is 18.1 Å². The highest BCUT2D eigenvalue weighted by molar-refractivity contribution is 5.85. The normalized spacial score (nSPS) is 8.43. The number of hydrogen-bond donors (Lipinski definition) is 2. The van der Waals surface area contributed by atoms with E-state index in [-0.39, 0.29) is 24.8 Å². The van der Waals surface area contributed by atoms with Gasteiger partial charge >= 0.3 is 0 Å². The fourth-order valence-corrected chi connectivity index (χ4v) is 1.17. The van der Waals surface area contributed by atoms with Crippen molar-refractivity contribution in [3.05, 3.63) is 17.7 Å². The molecule has 0 unspecified atom stereocenters. The summed E-state index contributed by atoms with van der Waals surface area (Å²) in [5, 5.41) is 0. The first-order valence-electron chi connectivity index (χ1n) is 3.93. The van der Waals surface area contributed by atoms with Crippen molar-refractivity contribution in [2.45, 2.75) is 13.8 Å². The van der Waals surface area contributed by atoms with Crippen LogP contribution >= 0.6 is 24.8 Å². The van der Waals surface area contributed by atoms with Gasteiger partial charge in [0.25, 0.3) is 0 Å². The number of nitrogen functional groups attached to an aromatic ring is 2. The molecule has 14 heavy (non-hydrogen) atoms. The average Bonchev–Trinajstić information content (AvgIpc) is 1.96. The lowest BCUT2D eigenvalue weighted by Gasteiger charge is -2.10. The van der Waals surface area contributed by atoms with Gasteiger partial charge in [-0.1, -0.05) is 0 Å². The van der Waals surface area contributed by atoms with Gasteiger partial charge in [-0.15, -0.1) is 24.8 Å². The summed E-state index contributed by atoms with van der Waals surface area (Å²) in [4.78, 5) is 0. The second kappa shape index (κ2) is 6.62. The zero-order valence-corrected chi connectivity index (χ0v) is 9.87. The molecule has 0 aliphatic carbocycles. The van der Waals surface area contributed by atoms with Gasteiger partial charge in [-0.25, -0.2) is 0 Å². The van der Waals surface area contributed by atoms with Gasteiger partial charge in [-0.2, -0.15) is 0 Å². The molecule has 5 heteroatoms. The van der Waals surface area contributed by atoms with E-state index in [4.69, 9.17) is 16.2 Å². The molecule has 0 aromatic heterocycles. The van der Waals surface area contributed by atoms with E-state index in [0.717, 1.165) is 11.3 Å². The molecule has 82 valence electrons. The SMILES string of the molecule is CCOc1c(C)cc(N)cc1N.Cl.Cl. The Morgan fingerprint density at radius 1 is 1.21 bits per heavy atom. The lowest BCUT2D eigenvalue weighted by atomic mass is 10.1. The van der Waals surface area contributed by atoms with Crippen LogP contribution in [0.5, 0.6) is 5.75 Å². The quantitative estimate of drug-likeness (QED) is 0.779. The summed E-state index contributed by atoms with van der Waals surface area (Å²) >= 11 is 0. The second-order valence-corrected chi connectivity index (χ2v) is 2.69. The largest absolute Gasteiger partial charge is 0.491 e. The summed E-state index contributed by atoms with van der Waals surface area (Å²) in [6.45, 7) is 4.47. The Kier molecular flexibility index (Phi) is 7.41. The number of halogens is 2. The van der Waals surface area contributed by atoms with Crippen LogP contribution in [0.15, 0.2) is 12.1 Å². The van der Waals surface area contributed by atoms with Crippen LogP contribution in [0, 0.1) is 6.92 Å². The fraction of sp³-hybridized carbons (Fsp3) is 0.333. The van der Waals surface area contributed by atoms with Crippen molar-refractivity contribution in [1.29, 1.82) is 0 Å². The van der Waals surface area contributed by atoms with Crippen LogP contribution in [-0.2, 0) is 0 Å². The molecule has 0 fully saturated rings. The van der Waals surface area contributed by atoms with Gasteiger partial charge in [0, 0.05) is 5.69 Å². The number of anilines is 2. The van der Waals surface area contributed by atoms with E-state index in [1.54, 1.807) is 6.07 Å². The molecule has 0 atom stereocenters. The third-order valence-corrected chi connectivity index (χ3v) is 1.61. The Labute approximate surface area is 96.6 Å². The number of nitrogens with two attached hydrogens (primary N) is 2. The first-order chi connectivity index (χ1) is 5.65. The molecule has 0 heterocycles. The van der Waals surface area contributed by atoms with Crippen LogP contribution in [-0.4, -0.2) is 6.61 Å². The Balaban J connectivity index is 0. The summed E-state index contributed by atoms with van der Waals surface area (Å²) in [5.74, 6) is 0.742. The molecular formula is C9H16Cl2N2O. The van der Waals surface area contributed by atoms with Crippen LogP contribution in [0.25, 0.3) is 0 Å². The van der Waals surface area contributed by atoms with E-state index < -0.39 is 0 Å². The molecular weight excluding hydrogens is 223 g/mol. The standard InChI is InChI=1S/C9H14N2O.2ClH/c1-3-12-9-6(2)4-7(10)5-8(9)11;;/h4-5H,3,10-11H2,1-2H3;2*1H. The zero-order chi connectivity index (χ0) is 9.14. The van der Waals surface area contributed by atoms with Gasteiger partial charge < -0.3 is 16.2 Å². The molecule has 0 aliphatic heterocycles. The van der Waals surface area contributed by atoms with E-state index in [1.165, 1.54) is 0 Å². The van der Waals surface area contributed by atoms with Crippen molar-refractivity contribution in [3.8, 4) is 5.75 Å². The molecule has 0 bridgehead atoms. The fourth-order valence-electron chi connectivity index (χ4n) is 1.17. The van der Waals surface area contributed by atoms with E-state index in [1.807, 2.05) is 19.9 Å². The second-order valence-electron chi connectivity index (χ2n) is 2.69. The van der Waals surface area contributed by atoms with Crippen LogP contribution < -0.4 is 16.2 Å². The molecule has 0 radical (unpaired) electrons. The van der Waals surface area contributed by atoms with Crippen molar-refractivity contribution in [2.24, 2.45) is 0 Å². The Hall–Kier alpha value is -0.800. The number of hydrogen-bond acceptors (Lipinski definition) is 3. The zero-order valence-electron chi connectivity index (χ0n) is 8.24. The molecule has 1 rings (SSSR count). The van der Waals surface area contributed by atoms with Gasteiger partial charge in [0.2, 0.25) is 0 Å². The van der Waals surface area contributed by atoms with Gasteiger partial charge in [0.05, 0.1) is 12.3 Å². The highest BCUT2D eigenvalue weighted by atomic mass is 35.5. The molecule has 0 saturated carbocycles. The van der Waals surface area contributed by atoms with Crippen molar-refractivity contribution in [3.63, 3.8) is 0 Å². The maximum Gasteiger partial charge on any atom is 0.145 e. The minimum atomic E-state index is 0. The smallest absolute Gasteiger partial charge is 0.145 e. The number of benzene rings is 1. The maximum atomic E-state index is 5.70. The average molecular weight is 239 g/mol. The predicted molar refractivity (Wildman–Crippen MR) is 65.7 cm³/mol. The van der Waals surface area contributed by atoms with Gasteiger partial charge in [0.15, 0.2) is 0 Å². The van der Waals surface area contributed by atoms with Crippen molar-refractivity contribution < 1.29 is 4.74 Å². The van der Waals surface area contributed by atoms with E-state index in [9.17, 15) is 0 Å². The summed E-state index contributed by atoms with van der Waals surface area (Å²) in [5.41, 5.74) is 13.6. The lowest BCUT2D eigenvalue weighted by Crippen LogP contribution is -2.00. The molecule has 1 aromatic carbocycles. The van der Waals surface area contributed by atoms with Crippen LogP contribution in [0.4, 0.5) is 11.4 Å². The van der Waals surface area contributed by atoms with Crippen LogP contribution in [0.3, 0.4) is 0 Å². The molecule has 0 spiro atoms. The van der Waals surface area contributed by atoms with Gasteiger partial charge in [-0.05, 0) is 31.5 Å². The summed E-state index contributed by atoms with van der Waals surface area (Å²) < 4.78 is 5.34. The highest BCUT2D eigenvalue weighted by Gasteiger charge is 2.04. The molecule has 0 aliphatic rings. The van der Waals surface area contributed by atoms with Crippen LogP contribution in [0.2, 0.25) is 0 Å². The first kappa shape index (κ1) is 15.7. The Morgan fingerprint density at radius 2 is 1.79 bits per heavy atom. The third-order valence-electron chi connectivity index (χ3n) is 1.61.